The third kappa shape index (κ3) is 38.3. The predicted molar refractivity (Wildman–Crippen MR) is 202 cm³/mol. The van der Waals surface area contributed by atoms with E-state index in [4.69, 9.17) is 0 Å². The average molecular weight is 657 g/mol. The van der Waals surface area contributed by atoms with Crippen molar-refractivity contribution in [2.45, 2.75) is 83.5 Å². The van der Waals surface area contributed by atoms with E-state index >= 15 is 0 Å². The minimum Gasteiger partial charge on any atom is -0.317 e. The van der Waals surface area contributed by atoms with E-state index in [0.717, 1.165) is 13.1 Å². The van der Waals surface area contributed by atoms with Crippen molar-refractivity contribution >= 4 is 0 Å². The van der Waals surface area contributed by atoms with Crippen LogP contribution in [0.15, 0.2) is 61.2 Å². The summed E-state index contributed by atoms with van der Waals surface area (Å²) in [6, 6.07) is 11.4. The van der Waals surface area contributed by atoms with Gasteiger partial charge in [0.2, 0.25) is 0 Å². The second-order valence-corrected chi connectivity index (χ2v) is 12.0. The van der Waals surface area contributed by atoms with Crippen LogP contribution in [0.3, 0.4) is 0 Å². The quantitative estimate of drug-likeness (QED) is 0.212. The summed E-state index contributed by atoms with van der Waals surface area (Å²) in [7, 11) is 0. The Kier molecular flexibility index (Phi) is 36.7. The van der Waals surface area contributed by atoms with E-state index in [1.165, 1.54) is 162 Å². The lowest BCUT2D eigenvalue weighted by molar-refractivity contribution is 0.689. The molecule has 7 fully saturated rings. The Morgan fingerprint density at radius 2 is 0.447 bits per heavy atom. The Hall–Kier alpha value is -2.02. The fourth-order valence-electron chi connectivity index (χ4n) is 4.82. The first-order chi connectivity index (χ1) is 23.5. The van der Waals surface area contributed by atoms with Crippen LogP contribution in [-0.4, -0.2) is 102 Å². The first-order valence-corrected chi connectivity index (χ1v) is 18.9. The molecule has 0 aliphatic carbocycles. The van der Waals surface area contributed by atoms with Gasteiger partial charge < -0.3 is 31.9 Å². The molecule has 10 heteroatoms. The van der Waals surface area contributed by atoms with Crippen molar-refractivity contribution in [3.05, 3.63) is 61.2 Å². The molecule has 0 radical (unpaired) electrons. The highest BCUT2D eigenvalue weighted by Crippen LogP contribution is 1.92. The molecule has 2 aromatic rings. The topological polar surface area (TPSA) is 122 Å². The van der Waals surface area contributed by atoms with Crippen molar-refractivity contribution in [2.24, 2.45) is 0 Å². The summed E-state index contributed by atoms with van der Waals surface area (Å²) >= 11 is 0. The fourth-order valence-corrected chi connectivity index (χ4v) is 4.82. The Bertz CT molecular complexity index is 523. The number of rotatable bonds is 0. The first-order valence-electron chi connectivity index (χ1n) is 18.9. The lowest BCUT2D eigenvalue weighted by atomic mass is 10.4. The van der Waals surface area contributed by atoms with E-state index in [1.54, 1.807) is 24.8 Å². The van der Waals surface area contributed by atoms with Crippen molar-refractivity contribution in [2.75, 3.05) is 91.6 Å². The molecule has 8 N–H and O–H groups in total. The smallest absolute Gasteiger partial charge is 0.0267 e. The van der Waals surface area contributed by atoms with Gasteiger partial charge in [-0.15, -0.1) is 0 Å². The minimum absolute atomic E-state index is 1.14. The molecule has 0 saturated carbocycles. The maximum Gasteiger partial charge on any atom is 0.0267 e. The largest absolute Gasteiger partial charge is 0.317 e. The van der Waals surface area contributed by atoms with Gasteiger partial charge in [0, 0.05) is 37.9 Å². The molecular formula is C37H72N10. The van der Waals surface area contributed by atoms with Crippen LogP contribution in [-0.2, 0) is 0 Å². The molecule has 270 valence electrons. The SMILES string of the molecule is C1CCNC1.C1CCNC1.C1CCNC1.C1CCNC1.C1CCNC1.C1CCNC1.C1CNNC1.c1ccncc1.c1ccncc1. The van der Waals surface area contributed by atoms with Crippen LogP contribution in [0.5, 0.6) is 0 Å². The molecule has 7 saturated heterocycles. The molecule has 7 aliphatic rings. The molecule has 10 nitrogen and oxygen atoms in total. The zero-order valence-electron chi connectivity index (χ0n) is 29.8. The summed E-state index contributed by atoms with van der Waals surface area (Å²) in [4.78, 5) is 7.57. The zero-order chi connectivity index (χ0) is 33.2. The van der Waals surface area contributed by atoms with Gasteiger partial charge in [0.15, 0.2) is 0 Å². The Morgan fingerprint density at radius 1 is 0.234 bits per heavy atom. The molecule has 0 unspecified atom stereocenters. The summed E-state index contributed by atoms with van der Waals surface area (Å²) in [5.74, 6) is 0. The van der Waals surface area contributed by atoms with Crippen LogP contribution < -0.4 is 42.8 Å². The summed E-state index contributed by atoms with van der Waals surface area (Å²) < 4.78 is 0. The van der Waals surface area contributed by atoms with Gasteiger partial charge in [-0.3, -0.25) is 20.8 Å². The van der Waals surface area contributed by atoms with Gasteiger partial charge in [-0.25, -0.2) is 0 Å². The maximum absolute atomic E-state index is 3.78. The average Bonchev–Trinajstić information content (AvgIpc) is 4.02. The molecule has 2 aromatic heterocycles. The molecule has 0 atom stereocenters. The minimum atomic E-state index is 1.14. The highest BCUT2D eigenvalue weighted by Gasteiger charge is 1.96. The zero-order valence-corrected chi connectivity index (χ0v) is 29.8. The summed E-state index contributed by atoms with van der Waals surface area (Å²) in [6.45, 7) is 17.3. The number of pyridine rings is 2. The third-order valence-corrected chi connectivity index (χ3v) is 7.60. The number of nitrogens with zero attached hydrogens (tertiary/aromatic N) is 2. The van der Waals surface area contributed by atoms with Crippen molar-refractivity contribution in [1.29, 1.82) is 0 Å². The molecule has 0 spiro atoms. The van der Waals surface area contributed by atoms with Gasteiger partial charge in [0.1, 0.15) is 0 Å². The highest BCUT2D eigenvalue weighted by atomic mass is 15.4. The van der Waals surface area contributed by atoms with E-state index in [9.17, 15) is 0 Å². The van der Waals surface area contributed by atoms with Gasteiger partial charge >= 0.3 is 0 Å². The molecular weight excluding hydrogens is 584 g/mol. The number of hydrogen-bond acceptors (Lipinski definition) is 10. The molecule has 7 aliphatic heterocycles. The van der Waals surface area contributed by atoms with Crippen LogP contribution in [0.4, 0.5) is 0 Å². The van der Waals surface area contributed by atoms with Crippen LogP contribution in [0.1, 0.15) is 83.5 Å². The Balaban J connectivity index is 0.000000265. The van der Waals surface area contributed by atoms with Gasteiger partial charge in [-0.05, 0) is 186 Å². The fraction of sp³-hybridized carbons (Fsp3) is 0.730. The standard InChI is InChI=1S/2C5H5N.6C4H9N.C3H8N2/c2*1-2-4-6-5-3-1;7*1-2-4-5-3-1/h2*1-5H;6*5H,1-4H2;4-5H,1-3H2. The van der Waals surface area contributed by atoms with Gasteiger partial charge in [-0.2, -0.15) is 0 Å². The highest BCUT2D eigenvalue weighted by molar-refractivity contribution is 4.88. The van der Waals surface area contributed by atoms with E-state index in [-0.39, 0.29) is 0 Å². The molecule has 47 heavy (non-hydrogen) atoms. The van der Waals surface area contributed by atoms with Crippen LogP contribution >= 0.6 is 0 Å². The predicted octanol–water partition coefficient (Wildman–Crippen LogP) is 3.87. The summed E-state index contributed by atoms with van der Waals surface area (Å²) in [6.07, 6.45) is 24.9. The van der Waals surface area contributed by atoms with Crippen LogP contribution in [0, 0.1) is 0 Å². The van der Waals surface area contributed by atoms with Crippen molar-refractivity contribution in [3.8, 4) is 0 Å². The van der Waals surface area contributed by atoms with Gasteiger partial charge in [0.05, 0.1) is 0 Å². The summed E-state index contributed by atoms with van der Waals surface area (Å²) in [5, 5.41) is 19.3. The van der Waals surface area contributed by atoms with E-state index in [2.05, 4.69) is 52.7 Å². The van der Waals surface area contributed by atoms with Crippen molar-refractivity contribution < 1.29 is 0 Å². The summed E-state index contributed by atoms with van der Waals surface area (Å²) in [5.41, 5.74) is 5.94. The number of hydrogen-bond donors (Lipinski definition) is 8. The van der Waals surface area contributed by atoms with E-state index in [0.29, 0.717) is 0 Å². The maximum atomic E-state index is 3.78. The molecule has 9 heterocycles. The van der Waals surface area contributed by atoms with Crippen LogP contribution in [0.25, 0.3) is 0 Å². The van der Waals surface area contributed by atoms with Crippen molar-refractivity contribution in [3.63, 3.8) is 0 Å². The molecule has 0 amide bonds. The van der Waals surface area contributed by atoms with E-state index < -0.39 is 0 Å². The first kappa shape index (κ1) is 43.0. The normalized spacial score (nSPS) is 19.9. The number of nitrogens with one attached hydrogen (secondary N) is 8. The number of hydrazine groups is 1. The second-order valence-electron chi connectivity index (χ2n) is 12.0. The van der Waals surface area contributed by atoms with Gasteiger partial charge in [0.25, 0.3) is 0 Å². The monoisotopic (exact) mass is 657 g/mol. The van der Waals surface area contributed by atoms with E-state index in [1.807, 2.05) is 36.4 Å². The molecule has 0 aromatic carbocycles. The second kappa shape index (κ2) is 40.2. The van der Waals surface area contributed by atoms with Crippen LogP contribution in [0.2, 0.25) is 0 Å². The lowest BCUT2D eigenvalue weighted by Gasteiger charge is -1.81. The molecule has 9 rings (SSSR count). The van der Waals surface area contributed by atoms with Crippen molar-refractivity contribution in [1.82, 2.24) is 52.7 Å². The van der Waals surface area contributed by atoms with Gasteiger partial charge in [-0.1, -0.05) is 12.1 Å². The Labute approximate surface area is 288 Å². The lowest BCUT2D eigenvalue weighted by Crippen LogP contribution is -2.21. The molecule has 0 bridgehead atoms. The third-order valence-electron chi connectivity index (χ3n) is 7.60. The number of aromatic nitrogens is 2. The Morgan fingerprint density at radius 3 is 0.511 bits per heavy atom.